The molecule has 2 aliphatic rings. The van der Waals surface area contributed by atoms with Crippen LogP contribution < -0.4 is 19.1 Å². The first-order valence-corrected chi connectivity index (χ1v) is 13.3. The van der Waals surface area contributed by atoms with Gasteiger partial charge in [-0.05, 0) is 63.5 Å². The number of carbonyl (C=O) groups is 2. The number of halogens is 1. The lowest BCUT2D eigenvalue weighted by molar-refractivity contribution is -0.150. The third-order valence-electron chi connectivity index (χ3n) is 7.73. The van der Waals surface area contributed by atoms with Crippen LogP contribution in [0.2, 0.25) is 0 Å². The topological polar surface area (TPSA) is 98.1 Å². The molecule has 0 aliphatic carbocycles. The van der Waals surface area contributed by atoms with Crippen LogP contribution in [0.3, 0.4) is 0 Å². The fourth-order valence-electron chi connectivity index (χ4n) is 5.95. The second-order valence-electron chi connectivity index (χ2n) is 9.49. The Labute approximate surface area is 240 Å². The summed E-state index contributed by atoms with van der Waals surface area (Å²) < 4.78 is 22.3. The molecule has 8 nitrogen and oxygen atoms in total. The lowest BCUT2D eigenvalue weighted by atomic mass is 9.68. The molecular formula is C31H27BrN2O6. The Morgan fingerprint density at radius 3 is 2.27 bits per heavy atom. The summed E-state index contributed by atoms with van der Waals surface area (Å²) >= 11 is 3.49. The fraction of sp³-hybridized carbons (Fsp3) is 0.258. The number of hydrogen-bond donors (Lipinski definition) is 0. The van der Waals surface area contributed by atoms with Gasteiger partial charge in [-0.1, -0.05) is 36.4 Å². The Morgan fingerprint density at radius 2 is 1.62 bits per heavy atom. The number of ketones is 1. The number of fused-ring (bicyclic) bond motifs is 3. The number of anilines is 1. The van der Waals surface area contributed by atoms with E-state index in [1.165, 1.54) is 21.3 Å². The summed E-state index contributed by atoms with van der Waals surface area (Å²) in [6, 6.07) is 18.5. The fourth-order valence-corrected chi connectivity index (χ4v) is 6.49. The Kier molecular flexibility index (Phi) is 7.30. The first-order valence-electron chi connectivity index (χ1n) is 12.5. The standard InChI is InChI=1S/C31H27BrN2O6/c1-37-23-12-10-20(15-21(23)32)29(35)28-27(19-9-13-24(38-2)25(16-19)39-3)31(17-33,30(36)40-4)26-14-11-18-7-5-6-8-22(18)34(26)28/h5-16,26-28H,1-4H3/t26-,27-,28+,31+/m0/s1. The van der Waals surface area contributed by atoms with Crippen LogP contribution in [0.25, 0.3) is 6.08 Å². The summed E-state index contributed by atoms with van der Waals surface area (Å²) in [5, 5.41) is 10.8. The molecule has 2 aliphatic heterocycles. The van der Waals surface area contributed by atoms with Crippen LogP contribution in [-0.2, 0) is 9.53 Å². The summed E-state index contributed by atoms with van der Waals surface area (Å²) in [4.78, 5) is 30.2. The van der Waals surface area contributed by atoms with E-state index in [-0.39, 0.29) is 5.78 Å². The van der Waals surface area contributed by atoms with Gasteiger partial charge in [0.05, 0.1) is 45.0 Å². The van der Waals surface area contributed by atoms with Gasteiger partial charge in [-0.2, -0.15) is 5.26 Å². The predicted molar refractivity (Wildman–Crippen MR) is 153 cm³/mol. The minimum absolute atomic E-state index is 0.265. The first-order chi connectivity index (χ1) is 19.4. The lowest BCUT2D eigenvalue weighted by Crippen LogP contribution is -2.46. The molecule has 204 valence electrons. The van der Waals surface area contributed by atoms with E-state index >= 15 is 0 Å². The minimum atomic E-state index is -1.76. The van der Waals surface area contributed by atoms with Gasteiger partial charge < -0.3 is 23.8 Å². The highest BCUT2D eigenvalue weighted by Crippen LogP contribution is 2.57. The zero-order valence-corrected chi connectivity index (χ0v) is 24.0. The lowest BCUT2D eigenvalue weighted by Gasteiger charge is -2.36. The van der Waals surface area contributed by atoms with Gasteiger partial charge >= 0.3 is 5.97 Å². The molecule has 9 heteroatoms. The maximum Gasteiger partial charge on any atom is 0.329 e. The van der Waals surface area contributed by atoms with Crippen LogP contribution in [0.5, 0.6) is 17.2 Å². The third kappa shape index (κ3) is 4.02. The van der Waals surface area contributed by atoms with Crippen molar-refractivity contribution in [3.05, 3.63) is 87.9 Å². The van der Waals surface area contributed by atoms with Crippen molar-refractivity contribution in [1.82, 2.24) is 0 Å². The number of nitriles is 1. The SMILES string of the molecule is COC(=O)[C@]1(C#N)[C@@H]2C=Cc3ccccc3N2[C@@H](C(=O)c2ccc(OC)c(Br)c2)[C@@H]1c1ccc(OC)c(OC)c1. The van der Waals surface area contributed by atoms with E-state index in [0.29, 0.717) is 32.8 Å². The van der Waals surface area contributed by atoms with E-state index < -0.39 is 29.4 Å². The normalized spacial score (nSPS) is 22.5. The number of benzene rings is 3. The maximum atomic E-state index is 14.6. The van der Waals surface area contributed by atoms with Gasteiger partial charge in [0.1, 0.15) is 11.8 Å². The van der Waals surface area contributed by atoms with Gasteiger partial charge in [0.15, 0.2) is 22.7 Å². The number of ether oxygens (including phenoxy) is 4. The Balaban J connectivity index is 1.81. The molecule has 0 aromatic heterocycles. The highest BCUT2D eigenvalue weighted by Gasteiger charge is 2.67. The van der Waals surface area contributed by atoms with Crippen LogP contribution in [0.4, 0.5) is 5.69 Å². The van der Waals surface area contributed by atoms with Gasteiger partial charge in [-0.3, -0.25) is 9.59 Å². The monoisotopic (exact) mass is 602 g/mol. The van der Waals surface area contributed by atoms with Crippen LogP contribution in [0.15, 0.2) is 71.2 Å². The molecule has 0 amide bonds. The molecule has 4 atom stereocenters. The molecule has 40 heavy (non-hydrogen) atoms. The van der Waals surface area contributed by atoms with Crippen LogP contribution in [0, 0.1) is 16.7 Å². The molecule has 0 bridgehead atoms. The second-order valence-corrected chi connectivity index (χ2v) is 10.3. The van der Waals surface area contributed by atoms with Crippen molar-refractivity contribution in [2.75, 3.05) is 33.3 Å². The summed E-state index contributed by atoms with van der Waals surface area (Å²) in [5.41, 5.74) is 0.815. The van der Waals surface area contributed by atoms with Crippen molar-refractivity contribution in [3.8, 4) is 23.3 Å². The molecule has 1 saturated heterocycles. The molecular weight excluding hydrogens is 576 g/mol. The molecule has 0 spiro atoms. The highest BCUT2D eigenvalue weighted by molar-refractivity contribution is 9.10. The molecule has 5 rings (SSSR count). The van der Waals surface area contributed by atoms with Crippen molar-refractivity contribution in [1.29, 1.82) is 5.26 Å². The van der Waals surface area contributed by atoms with Crippen molar-refractivity contribution in [2.45, 2.75) is 18.0 Å². The highest BCUT2D eigenvalue weighted by atomic mass is 79.9. The number of para-hydroxylation sites is 1. The van der Waals surface area contributed by atoms with Crippen LogP contribution >= 0.6 is 15.9 Å². The summed E-state index contributed by atoms with van der Waals surface area (Å²) in [6.07, 6.45) is 3.70. The van der Waals surface area contributed by atoms with Gasteiger partial charge in [-0.25, -0.2) is 0 Å². The Morgan fingerprint density at radius 1 is 0.925 bits per heavy atom. The third-order valence-corrected chi connectivity index (χ3v) is 8.34. The number of methoxy groups -OCH3 is 4. The Hall–Kier alpha value is -4.29. The molecule has 0 N–H and O–H groups in total. The first kappa shape index (κ1) is 27.3. The summed E-state index contributed by atoms with van der Waals surface area (Å²) in [7, 11) is 5.84. The number of nitrogens with zero attached hydrogens (tertiary/aromatic N) is 2. The number of Topliss-reactive ketones (excluding diaryl/α,β-unsaturated/α-hetero) is 1. The van der Waals surface area contributed by atoms with E-state index in [2.05, 4.69) is 22.0 Å². The molecule has 0 unspecified atom stereocenters. The number of esters is 1. The average molecular weight is 603 g/mol. The zero-order chi connectivity index (χ0) is 28.6. The smallest absolute Gasteiger partial charge is 0.329 e. The van der Waals surface area contributed by atoms with E-state index in [1.54, 1.807) is 43.5 Å². The van der Waals surface area contributed by atoms with E-state index in [4.69, 9.17) is 18.9 Å². The quantitative estimate of drug-likeness (QED) is 0.261. The molecule has 0 radical (unpaired) electrons. The maximum absolute atomic E-state index is 14.6. The van der Waals surface area contributed by atoms with Gasteiger partial charge in [0.2, 0.25) is 0 Å². The van der Waals surface area contributed by atoms with Crippen LogP contribution in [-0.4, -0.2) is 52.3 Å². The Bertz CT molecular complexity index is 1560. The van der Waals surface area contributed by atoms with E-state index in [9.17, 15) is 14.9 Å². The number of carbonyl (C=O) groups excluding carboxylic acids is 2. The zero-order valence-electron chi connectivity index (χ0n) is 22.4. The van der Waals surface area contributed by atoms with Gasteiger partial charge in [0.25, 0.3) is 0 Å². The summed E-state index contributed by atoms with van der Waals surface area (Å²) in [6.45, 7) is 0. The summed E-state index contributed by atoms with van der Waals surface area (Å²) in [5.74, 6) is -0.451. The minimum Gasteiger partial charge on any atom is -0.496 e. The molecule has 2 heterocycles. The van der Waals surface area contributed by atoms with Crippen molar-refractivity contribution in [2.24, 2.45) is 5.41 Å². The molecule has 3 aromatic carbocycles. The number of rotatable bonds is 7. The van der Waals surface area contributed by atoms with Crippen LogP contribution in [0.1, 0.15) is 27.4 Å². The second kappa shape index (κ2) is 10.7. The van der Waals surface area contributed by atoms with Crippen molar-refractivity contribution in [3.63, 3.8) is 0 Å². The van der Waals surface area contributed by atoms with Crippen molar-refractivity contribution >= 4 is 39.4 Å². The molecule has 1 fully saturated rings. The van der Waals surface area contributed by atoms with Crippen molar-refractivity contribution < 1.29 is 28.5 Å². The molecule has 3 aromatic rings. The largest absolute Gasteiger partial charge is 0.496 e. The van der Waals surface area contributed by atoms with Gasteiger partial charge in [-0.15, -0.1) is 0 Å². The average Bonchev–Trinajstić information content (AvgIpc) is 3.31. The number of hydrogen-bond acceptors (Lipinski definition) is 8. The predicted octanol–water partition coefficient (Wildman–Crippen LogP) is 5.41. The van der Waals surface area contributed by atoms with E-state index in [1.807, 2.05) is 41.3 Å². The molecule has 0 saturated carbocycles. The van der Waals surface area contributed by atoms with Gasteiger partial charge in [0, 0.05) is 17.2 Å². The van der Waals surface area contributed by atoms with E-state index in [0.717, 1.165) is 11.3 Å².